The molecule has 0 spiro atoms. The van der Waals surface area contributed by atoms with E-state index >= 15 is 0 Å². The maximum Gasteiger partial charge on any atom is 0.292 e. The Labute approximate surface area is 546 Å². The lowest BCUT2D eigenvalue weighted by Crippen LogP contribution is -2.12. The summed E-state index contributed by atoms with van der Waals surface area (Å²) < 4.78 is 55.4. The van der Waals surface area contributed by atoms with Crippen molar-refractivity contribution in [2.75, 3.05) is 37.3 Å². The summed E-state index contributed by atoms with van der Waals surface area (Å²) in [4.78, 5) is 46.9. The molecule has 0 saturated carbocycles. The van der Waals surface area contributed by atoms with Crippen LogP contribution in [0, 0.1) is 27.5 Å². The highest BCUT2D eigenvalue weighted by Gasteiger charge is 2.16. The summed E-state index contributed by atoms with van der Waals surface area (Å²) in [7, 11) is -7.17. The smallest absolute Gasteiger partial charge is 0.292 e. The molecule has 0 atom stereocenters. The van der Waals surface area contributed by atoms with E-state index in [1.165, 1.54) is 18.2 Å². The molecule has 10 aromatic rings. The van der Waals surface area contributed by atoms with E-state index in [1.807, 2.05) is 103 Å². The van der Waals surface area contributed by atoms with Gasteiger partial charge in [-0.1, -0.05) is 91.0 Å². The van der Waals surface area contributed by atoms with Crippen molar-refractivity contribution in [1.29, 1.82) is 0 Å². The molecule has 2 amide bonds. The second kappa shape index (κ2) is 33.2. The van der Waals surface area contributed by atoms with Crippen molar-refractivity contribution in [3.8, 4) is 31.3 Å². The van der Waals surface area contributed by atoms with Crippen molar-refractivity contribution < 1.29 is 36.1 Å². The summed E-state index contributed by atoms with van der Waals surface area (Å²) in [6.45, 7) is 10.3. The summed E-state index contributed by atoms with van der Waals surface area (Å²) in [5.74, 6) is -0.584. The molecule has 456 valence electrons. The highest BCUT2D eigenvalue weighted by atomic mass is 127. The third-order valence-electron chi connectivity index (χ3n) is 12.0. The average Bonchev–Trinajstić information content (AvgIpc) is 3.10. The van der Waals surface area contributed by atoms with Crippen molar-refractivity contribution in [1.82, 2.24) is 0 Å². The van der Waals surface area contributed by atoms with Crippen LogP contribution in [0.15, 0.2) is 245 Å². The van der Waals surface area contributed by atoms with E-state index in [4.69, 9.17) is 28.8 Å². The number of aryl methyl sites for hydroxylation is 2. The van der Waals surface area contributed by atoms with Gasteiger partial charge in [-0.3, -0.25) is 33.9 Å². The normalized spacial score (nSPS) is 10.6. The number of anilines is 7. The van der Waals surface area contributed by atoms with E-state index < -0.39 is 30.2 Å². The second-order valence-electron chi connectivity index (χ2n) is 18.6. The van der Waals surface area contributed by atoms with Gasteiger partial charge in [0.25, 0.3) is 25.7 Å². The largest absolute Gasteiger partial charge is 0.397 e. The number of nitro groups is 1. The van der Waals surface area contributed by atoms with Crippen LogP contribution in [0.5, 0.6) is 0 Å². The Hall–Kier alpha value is -9.21. The van der Waals surface area contributed by atoms with Gasteiger partial charge in [0.05, 0.1) is 37.5 Å². The number of hydrogen-bond donors (Lipinski definition) is 7. The molecule has 7 aromatic carbocycles. The lowest BCUT2D eigenvalue weighted by molar-refractivity contribution is -0.383. The predicted octanol–water partition coefficient (Wildman–Crippen LogP) is 16.1. The fourth-order valence-electron chi connectivity index (χ4n) is 7.41. The van der Waals surface area contributed by atoms with Crippen molar-refractivity contribution in [3.63, 3.8) is 0 Å². The number of carbonyl (C=O) groups is 3. The van der Waals surface area contributed by atoms with Crippen LogP contribution in [0.1, 0.15) is 16.7 Å². The van der Waals surface area contributed by atoms with Gasteiger partial charge in [-0.2, -0.15) is 0 Å². The third-order valence-corrected chi connectivity index (χ3v) is 18.4. The molecule has 0 radical (unpaired) electrons. The molecule has 3 heterocycles. The minimum absolute atomic E-state index is 0.0460. The zero-order chi connectivity index (χ0) is 64.7. The molecule has 0 fully saturated rings. The number of nitrogens with zero attached hydrogens (tertiary/aromatic N) is 1. The number of rotatable bonds is 16. The average molecular weight is 1420 g/mol. The van der Waals surface area contributed by atoms with E-state index in [0.717, 1.165) is 57.7 Å². The Morgan fingerprint density at radius 2 is 0.933 bits per heavy atom. The van der Waals surface area contributed by atoms with E-state index in [-0.39, 0.29) is 33.0 Å². The predicted molar refractivity (Wildman–Crippen MR) is 376 cm³/mol. The van der Waals surface area contributed by atoms with Crippen LogP contribution in [-0.2, 0) is 34.4 Å². The van der Waals surface area contributed by atoms with Crippen molar-refractivity contribution >= 4 is 157 Å². The highest BCUT2D eigenvalue weighted by molar-refractivity contribution is 14.1. The quantitative estimate of drug-likeness (QED) is 0.0119. The number of nitrogen functional groups attached to an aromatic ring is 3. The number of thiophene rings is 3. The van der Waals surface area contributed by atoms with Crippen LogP contribution in [0.2, 0.25) is 0 Å². The monoisotopic (exact) mass is 1420 g/mol. The summed E-state index contributed by atoms with van der Waals surface area (Å²) >= 11 is 11.7. The first-order valence-electron chi connectivity index (χ1n) is 26.2. The van der Waals surface area contributed by atoms with E-state index in [0.29, 0.717) is 34.1 Å². The van der Waals surface area contributed by atoms with Gasteiger partial charge in [-0.25, -0.2) is 16.8 Å². The standard InChI is InChI=1S/C26H23N3O3S2.C13H12INO2S.C13H12N2OS.C10H8N2O2S.C3H3ClO/c1-18-4-12-22(13-5-18)34(31,32)29-21-10-6-19(7-11-21)8-15-26(30)28-24-17-20(9-14-23(24)27)25-3-2-16-33-25;1-10-2-8-13(9-3-10)18(16,17)15-12-6-4-11(14)5-7-12;1-2-13(16)15-11-8-9(5-6-10(11)14)12-4-3-7-17-12;11-8-6-7(10-2-1-5-15-10)3-4-9(8)12(13)14;1-2-3(4)5/h2-17,29H,27H2,1H3,(H,28,30);2-9,15H,1H3;2-8H,1,14H2,(H,15,16);1-6H,11H2;2H,1H2/b15-8+;;;;. The van der Waals surface area contributed by atoms with Gasteiger partial charge in [0.2, 0.25) is 17.1 Å². The highest BCUT2D eigenvalue weighted by Crippen LogP contribution is 2.33. The zero-order valence-electron chi connectivity index (χ0n) is 47.5. The van der Waals surface area contributed by atoms with Gasteiger partial charge in [0.1, 0.15) is 5.69 Å². The van der Waals surface area contributed by atoms with Crippen molar-refractivity contribution in [3.05, 3.63) is 266 Å². The summed E-state index contributed by atoms with van der Waals surface area (Å²) in [5.41, 5.74) is 26.4. The molecule has 0 saturated heterocycles. The van der Waals surface area contributed by atoms with Gasteiger partial charge >= 0.3 is 0 Å². The Morgan fingerprint density at radius 3 is 1.30 bits per heavy atom. The molecule has 0 aliphatic carbocycles. The van der Waals surface area contributed by atoms with Crippen LogP contribution in [0.25, 0.3) is 37.4 Å². The van der Waals surface area contributed by atoms with Crippen LogP contribution in [0.4, 0.5) is 45.5 Å². The Morgan fingerprint density at radius 1 is 0.539 bits per heavy atom. The number of allylic oxidation sites excluding steroid dienone is 1. The van der Waals surface area contributed by atoms with Crippen LogP contribution in [0.3, 0.4) is 0 Å². The van der Waals surface area contributed by atoms with Crippen LogP contribution >= 0.6 is 68.2 Å². The van der Waals surface area contributed by atoms with E-state index in [9.17, 15) is 41.3 Å². The van der Waals surface area contributed by atoms with Gasteiger partial charge in [0.15, 0.2) is 0 Å². The first kappa shape index (κ1) is 68.9. The molecule has 10 rings (SSSR count). The zero-order valence-corrected chi connectivity index (χ0v) is 54.5. The maximum atomic E-state index is 12.5. The Bertz CT molecular complexity index is 4310. The minimum atomic E-state index is -3.67. The molecule has 89 heavy (non-hydrogen) atoms. The number of sulfonamides is 2. The Balaban J connectivity index is 0.000000195. The van der Waals surface area contributed by atoms with Gasteiger partial charge < -0.3 is 27.8 Å². The second-order valence-corrected chi connectivity index (χ2v) is 26.4. The van der Waals surface area contributed by atoms with Crippen molar-refractivity contribution in [2.24, 2.45) is 0 Å². The molecular weight excluding hydrogens is 1360 g/mol. The third kappa shape index (κ3) is 21.9. The topological polar surface area (TPSA) is 289 Å². The first-order chi connectivity index (χ1) is 42.4. The van der Waals surface area contributed by atoms with Crippen LogP contribution in [-0.4, -0.2) is 38.8 Å². The Kier molecular flexibility index (Phi) is 25.7. The van der Waals surface area contributed by atoms with Gasteiger partial charge in [0, 0.05) is 41.7 Å². The number of halogens is 2. The molecule has 24 heteroatoms. The summed E-state index contributed by atoms with van der Waals surface area (Å²) in [6, 6.07) is 55.1. The number of nitro benzene ring substituents is 1. The lowest BCUT2D eigenvalue weighted by atomic mass is 10.1. The fourth-order valence-corrected chi connectivity index (χ4v) is 12.1. The van der Waals surface area contributed by atoms with Gasteiger partial charge in [-0.05, 0) is 220 Å². The molecule has 3 aromatic heterocycles. The molecule has 17 nitrogen and oxygen atoms in total. The number of carbonyl (C=O) groups excluding carboxylic acids is 3. The van der Waals surface area contributed by atoms with Gasteiger partial charge in [-0.15, -0.1) is 34.0 Å². The molecule has 0 aliphatic heterocycles. The summed E-state index contributed by atoms with van der Waals surface area (Å²) in [5, 5.41) is 21.5. The molecular formula is C65H58ClIN8O9S5. The summed E-state index contributed by atoms with van der Waals surface area (Å²) in [6.07, 6.45) is 5.31. The minimum Gasteiger partial charge on any atom is -0.397 e. The molecule has 0 bridgehead atoms. The molecule has 0 unspecified atom stereocenters. The number of nitrogens with one attached hydrogen (secondary N) is 4. The fraction of sp³-hybridized carbons (Fsp3) is 0.0308. The maximum absolute atomic E-state index is 12.5. The molecule has 0 aliphatic rings. The number of hydrogen-bond acceptors (Lipinski definition) is 15. The first-order valence-corrected chi connectivity index (χ1v) is 33.2. The number of nitrogens with two attached hydrogens (primary N) is 3. The van der Waals surface area contributed by atoms with E-state index in [2.05, 4.69) is 55.8 Å². The van der Waals surface area contributed by atoms with Crippen LogP contribution < -0.4 is 37.3 Å². The van der Waals surface area contributed by atoms with E-state index in [1.54, 1.807) is 149 Å². The lowest BCUT2D eigenvalue weighted by Gasteiger charge is -2.09. The number of amides is 2. The van der Waals surface area contributed by atoms with Crippen molar-refractivity contribution in [2.45, 2.75) is 23.6 Å². The number of benzene rings is 7. The SMILES string of the molecule is C=CC(=O)Cl.C=CC(=O)Nc1cc(-c2cccs2)ccc1N.Cc1ccc(S(=O)(=O)Nc2ccc(/C=C/C(=O)Nc3cc(-c4cccs4)ccc3N)cc2)cc1.Cc1ccc(S(=O)(=O)Nc2ccc(I)cc2)cc1.Nc1cc(-c2cccs2)ccc1[N+](=O)[O-]. The molecule has 10 N–H and O–H groups in total.